The summed E-state index contributed by atoms with van der Waals surface area (Å²) in [6, 6.07) is 0. The number of halogens is 1. The van der Waals surface area contributed by atoms with Gasteiger partial charge in [-0.15, -0.1) is 11.6 Å². The molecule has 0 fully saturated rings. The molecule has 0 saturated heterocycles. The maximum absolute atomic E-state index is 5.60. The lowest BCUT2D eigenvalue weighted by molar-refractivity contribution is -0.121. The molecule has 64 valence electrons. The molecule has 0 amide bonds. The van der Waals surface area contributed by atoms with Gasteiger partial charge in [0.25, 0.3) is 0 Å². The van der Waals surface area contributed by atoms with Crippen molar-refractivity contribution in [1.82, 2.24) is 0 Å². The van der Waals surface area contributed by atoms with Crippen LogP contribution in [-0.2, 0) is 9.47 Å². The van der Waals surface area contributed by atoms with Crippen molar-refractivity contribution in [2.45, 2.75) is 26.1 Å². The summed E-state index contributed by atoms with van der Waals surface area (Å²) in [6.07, 6.45) is 3.89. The Hall–Kier alpha value is -0.210. The van der Waals surface area contributed by atoms with Gasteiger partial charge in [-0.3, -0.25) is 0 Å². The Bertz CT molecular complexity index is 145. The Morgan fingerprint density at radius 3 is 3.27 bits per heavy atom. The minimum atomic E-state index is -0.0706. The molecule has 0 radical (unpaired) electrons. The molecule has 1 aliphatic rings. The van der Waals surface area contributed by atoms with E-state index in [2.05, 4.69) is 0 Å². The van der Waals surface area contributed by atoms with Crippen molar-refractivity contribution in [3.63, 3.8) is 0 Å². The van der Waals surface area contributed by atoms with Gasteiger partial charge in [0.1, 0.15) is 5.76 Å². The molecule has 1 aliphatic heterocycles. The van der Waals surface area contributed by atoms with Crippen molar-refractivity contribution in [3.05, 3.63) is 11.8 Å². The molecule has 1 unspecified atom stereocenters. The molecule has 3 heteroatoms. The highest BCUT2D eigenvalue weighted by Gasteiger charge is 2.14. The lowest BCUT2D eigenvalue weighted by atomic mass is 10.2. The van der Waals surface area contributed by atoms with Gasteiger partial charge in [0.2, 0.25) is 0 Å². The first kappa shape index (κ1) is 8.88. The van der Waals surface area contributed by atoms with Crippen LogP contribution in [0.5, 0.6) is 0 Å². The summed E-state index contributed by atoms with van der Waals surface area (Å²) in [5.74, 6) is 1.29. The van der Waals surface area contributed by atoms with Gasteiger partial charge in [-0.1, -0.05) is 0 Å². The van der Waals surface area contributed by atoms with E-state index in [9.17, 15) is 0 Å². The fourth-order valence-electron chi connectivity index (χ4n) is 1.05. The smallest absolute Gasteiger partial charge is 0.199 e. The van der Waals surface area contributed by atoms with Crippen molar-refractivity contribution >= 4 is 11.6 Å². The zero-order chi connectivity index (χ0) is 8.10. The summed E-state index contributed by atoms with van der Waals surface area (Å²) in [5, 5.41) is 0. The third-order valence-corrected chi connectivity index (χ3v) is 1.80. The predicted octanol–water partition coefficient (Wildman–Crippen LogP) is 2.28. The summed E-state index contributed by atoms with van der Waals surface area (Å²) in [4.78, 5) is 0. The number of alkyl halides is 1. The number of rotatable bonds is 3. The van der Waals surface area contributed by atoms with Gasteiger partial charge in [0.15, 0.2) is 6.29 Å². The van der Waals surface area contributed by atoms with E-state index < -0.39 is 0 Å². The van der Waals surface area contributed by atoms with Crippen LogP contribution in [0.15, 0.2) is 11.8 Å². The Labute approximate surface area is 72.1 Å². The maximum atomic E-state index is 5.60. The number of hydrogen-bond donors (Lipinski definition) is 0. The second-order valence-corrected chi connectivity index (χ2v) is 2.65. The topological polar surface area (TPSA) is 18.5 Å². The number of ether oxygens (including phenoxy) is 2. The highest BCUT2D eigenvalue weighted by atomic mass is 35.5. The van der Waals surface area contributed by atoms with E-state index in [-0.39, 0.29) is 6.29 Å². The van der Waals surface area contributed by atoms with Crippen LogP contribution < -0.4 is 0 Å². The molecule has 2 nitrogen and oxygen atoms in total. The van der Waals surface area contributed by atoms with E-state index in [4.69, 9.17) is 21.1 Å². The zero-order valence-corrected chi connectivity index (χ0v) is 7.43. The molecular formula is C8H13ClO2. The Morgan fingerprint density at radius 2 is 2.64 bits per heavy atom. The van der Waals surface area contributed by atoms with Crippen molar-refractivity contribution in [2.75, 3.05) is 12.5 Å². The van der Waals surface area contributed by atoms with Crippen LogP contribution >= 0.6 is 11.6 Å². The van der Waals surface area contributed by atoms with Crippen LogP contribution in [-0.4, -0.2) is 18.8 Å². The van der Waals surface area contributed by atoms with E-state index >= 15 is 0 Å². The summed E-state index contributed by atoms with van der Waals surface area (Å²) in [6.45, 7) is 2.66. The van der Waals surface area contributed by atoms with E-state index in [1.165, 1.54) is 0 Å². The van der Waals surface area contributed by atoms with Crippen molar-refractivity contribution < 1.29 is 9.47 Å². The molecule has 1 rings (SSSR count). The van der Waals surface area contributed by atoms with Crippen molar-refractivity contribution in [2.24, 2.45) is 0 Å². The van der Waals surface area contributed by atoms with Gasteiger partial charge in [-0.2, -0.15) is 0 Å². The molecule has 0 spiro atoms. The molecule has 11 heavy (non-hydrogen) atoms. The largest absolute Gasteiger partial charge is 0.468 e. The molecule has 0 saturated carbocycles. The minimum absolute atomic E-state index is 0.0706. The molecular weight excluding hydrogens is 164 g/mol. The van der Waals surface area contributed by atoms with Crippen molar-refractivity contribution in [1.29, 1.82) is 0 Å². The van der Waals surface area contributed by atoms with Gasteiger partial charge >= 0.3 is 0 Å². The first-order valence-corrected chi connectivity index (χ1v) is 4.43. The van der Waals surface area contributed by atoms with Crippen LogP contribution in [0.1, 0.15) is 19.8 Å². The second kappa shape index (κ2) is 4.62. The molecule has 0 bridgehead atoms. The first-order valence-electron chi connectivity index (χ1n) is 3.90. The Kier molecular flexibility index (Phi) is 3.73. The quantitative estimate of drug-likeness (QED) is 0.615. The summed E-state index contributed by atoms with van der Waals surface area (Å²) in [5.41, 5.74) is 0. The van der Waals surface area contributed by atoms with E-state index in [1.807, 2.05) is 13.0 Å². The third-order valence-electron chi connectivity index (χ3n) is 1.54. The third kappa shape index (κ3) is 2.72. The summed E-state index contributed by atoms with van der Waals surface area (Å²) >= 11 is 5.60. The lowest BCUT2D eigenvalue weighted by Gasteiger charge is -2.23. The van der Waals surface area contributed by atoms with Crippen LogP contribution in [0.4, 0.5) is 0 Å². The normalized spacial score (nSPS) is 24.2. The molecule has 0 aromatic heterocycles. The van der Waals surface area contributed by atoms with E-state index in [1.54, 1.807) is 0 Å². The summed E-state index contributed by atoms with van der Waals surface area (Å²) < 4.78 is 10.7. The van der Waals surface area contributed by atoms with Gasteiger partial charge in [0.05, 0.1) is 5.88 Å². The first-order chi connectivity index (χ1) is 5.36. The van der Waals surface area contributed by atoms with Crippen molar-refractivity contribution in [3.8, 4) is 0 Å². The fourth-order valence-corrected chi connectivity index (χ4v) is 1.22. The SMILES string of the molecule is CCOC1CCC=C(CCl)O1. The lowest BCUT2D eigenvalue weighted by Crippen LogP contribution is -2.20. The molecule has 0 aliphatic carbocycles. The van der Waals surface area contributed by atoms with Crippen LogP contribution in [0.2, 0.25) is 0 Å². The standard InChI is InChI=1S/C8H13ClO2/c1-2-10-8-5-3-4-7(6-9)11-8/h4,8H,2-3,5-6H2,1H3. The Balaban J connectivity index is 2.33. The Morgan fingerprint density at radius 1 is 1.82 bits per heavy atom. The maximum Gasteiger partial charge on any atom is 0.199 e. The fraction of sp³-hybridized carbons (Fsp3) is 0.750. The molecule has 0 aromatic carbocycles. The monoisotopic (exact) mass is 176 g/mol. The van der Waals surface area contributed by atoms with Gasteiger partial charge in [0, 0.05) is 13.0 Å². The average Bonchev–Trinajstić information content (AvgIpc) is 2.06. The molecule has 0 aromatic rings. The highest BCUT2D eigenvalue weighted by molar-refractivity contribution is 6.19. The van der Waals surface area contributed by atoms with Gasteiger partial charge in [-0.05, 0) is 19.4 Å². The molecule has 1 heterocycles. The van der Waals surface area contributed by atoms with E-state index in [0.29, 0.717) is 12.5 Å². The predicted molar refractivity (Wildman–Crippen MR) is 44.5 cm³/mol. The number of hydrogen-bond acceptors (Lipinski definition) is 2. The minimum Gasteiger partial charge on any atom is -0.468 e. The van der Waals surface area contributed by atoms with Crippen LogP contribution in [0, 0.1) is 0 Å². The van der Waals surface area contributed by atoms with Crippen LogP contribution in [0.25, 0.3) is 0 Å². The average molecular weight is 177 g/mol. The zero-order valence-electron chi connectivity index (χ0n) is 6.68. The van der Waals surface area contributed by atoms with E-state index in [0.717, 1.165) is 18.6 Å². The highest BCUT2D eigenvalue weighted by Crippen LogP contribution is 2.18. The van der Waals surface area contributed by atoms with Gasteiger partial charge in [-0.25, -0.2) is 0 Å². The molecule has 0 N–H and O–H groups in total. The number of allylic oxidation sites excluding steroid dienone is 2. The molecule has 1 atom stereocenters. The van der Waals surface area contributed by atoms with Crippen LogP contribution in [0.3, 0.4) is 0 Å². The second-order valence-electron chi connectivity index (χ2n) is 2.38. The summed E-state index contributed by atoms with van der Waals surface area (Å²) in [7, 11) is 0. The van der Waals surface area contributed by atoms with Gasteiger partial charge < -0.3 is 9.47 Å².